The Kier molecular flexibility index (Phi) is 4.89. The third-order valence-corrected chi connectivity index (χ3v) is 7.12. The Balaban J connectivity index is 2.01. The average molecular weight is 394 g/mol. The number of carbonyl (C=O) groups excluding carboxylic acids is 3. The van der Waals surface area contributed by atoms with Crippen LogP contribution in [0, 0.1) is 22.7 Å². The molecule has 0 aromatic carbocycles. The van der Waals surface area contributed by atoms with Gasteiger partial charge in [0.25, 0.3) is 0 Å². The maximum atomic E-state index is 11.9. The topological polar surface area (TPSA) is 99.1 Å². The Labute approximate surface area is 165 Å². The standard InChI is InChI=1S/C21H30O7/c1-11-16(27-13(3)23)7-15-8-20(6)17(28-14(4)24)9-19(5,10-26-12(2)22)18(20)21(11,15)25/h15-18,25H,1,7-10H2,2-6H3. The van der Waals surface area contributed by atoms with Crippen LogP contribution in [0.25, 0.3) is 0 Å². The molecule has 1 N–H and O–H groups in total. The highest BCUT2D eigenvalue weighted by Crippen LogP contribution is 2.72. The fourth-order valence-corrected chi connectivity index (χ4v) is 6.44. The normalized spacial score (nSPS) is 44.0. The number of aliphatic hydroxyl groups is 1. The SMILES string of the molecule is C=C1C(OC(C)=O)CC2CC3(C)C(OC(C)=O)CC(C)(COC(C)=O)C3C12O. The van der Waals surface area contributed by atoms with Gasteiger partial charge in [-0.25, -0.2) is 0 Å². The van der Waals surface area contributed by atoms with E-state index in [4.69, 9.17) is 14.2 Å². The third-order valence-electron chi connectivity index (χ3n) is 7.12. The van der Waals surface area contributed by atoms with Crippen molar-refractivity contribution in [2.45, 2.75) is 71.7 Å². The number of carbonyl (C=O) groups is 3. The molecule has 7 unspecified atom stereocenters. The lowest BCUT2D eigenvalue weighted by molar-refractivity contribution is -0.153. The fraction of sp³-hybridized carbons (Fsp3) is 0.762. The minimum absolute atomic E-state index is 0.112. The van der Waals surface area contributed by atoms with Crippen molar-refractivity contribution >= 4 is 17.9 Å². The van der Waals surface area contributed by atoms with Crippen molar-refractivity contribution in [3.05, 3.63) is 12.2 Å². The number of esters is 3. The number of hydrogen-bond donors (Lipinski definition) is 1. The Morgan fingerprint density at radius 2 is 1.68 bits per heavy atom. The van der Waals surface area contributed by atoms with Gasteiger partial charge in [0.15, 0.2) is 0 Å². The van der Waals surface area contributed by atoms with E-state index in [1.165, 1.54) is 20.8 Å². The molecule has 0 heterocycles. The van der Waals surface area contributed by atoms with Gasteiger partial charge in [0.2, 0.25) is 0 Å². The molecule has 0 amide bonds. The van der Waals surface area contributed by atoms with Gasteiger partial charge in [0.1, 0.15) is 12.2 Å². The van der Waals surface area contributed by atoms with E-state index in [0.29, 0.717) is 24.8 Å². The molecule has 7 atom stereocenters. The van der Waals surface area contributed by atoms with Crippen LogP contribution in [0.1, 0.15) is 53.9 Å². The lowest BCUT2D eigenvalue weighted by atomic mass is 9.65. The molecule has 28 heavy (non-hydrogen) atoms. The van der Waals surface area contributed by atoms with Crippen molar-refractivity contribution in [3.63, 3.8) is 0 Å². The van der Waals surface area contributed by atoms with E-state index in [0.717, 1.165) is 0 Å². The first-order valence-electron chi connectivity index (χ1n) is 9.74. The second-order valence-corrected chi connectivity index (χ2v) is 9.26. The summed E-state index contributed by atoms with van der Waals surface area (Å²) in [7, 11) is 0. The molecule has 3 fully saturated rings. The largest absolute Gasteiger partial charge is 0.465 e. The van der Waals surface area contributed by atoms with Crippen molar-refractivity contribution in [1.82, 2.24) is 0 Å². The van der Waals surface area contributed by atoms with E-state index >= 15 is 0 Å². The third kappa shape index (κ3) is 2.95. The van der Waals surface area contributed by atoms with Crippen LogP contribution in [0.2, 0.25) is 0 Å². The van der Waals surface area contributed by atoms with Crippen LogP contribution >= 0.6 is 0 Å². The van der Waals surface area contributed by atoms with Crippen LogP contribution in [-0.2, 0) is 28.6 Å². The van der Waals surface area contributed by atoms with E-state index in [1.54, 1.807) is 0 Å². The molecule has 3 aliphatic carbocycles. The predicted molar refractivity (Wildman–Crippen MR) is 98.9 cm³/mol. The summed E-state index contributed by atoms with van der Waals surface area (Å²) >= 11 is 0. The summed E-state index contributed by atoms with van der Waals surface area (Å²) in [6, 6.07) is 0. The van der Waals surface area contributed by atoms with Crippen molar-refractivity contribution in [2.75, 3.05) is 6.61 Å². The Bertz CT molecular complexity index is 730. The van der Waals surface area contributed by atoms with E-state index < -0.39 is 40.6 Å². The maximum Gasteiger partial charge on any atom is 0.303 e. The van der Waals surface area contributed by atoms with Gasteiger partial charge in [-0.1, -0.05) is 20.4 Å². The Morgan fingerprint density at radius 1 is 1.07 bits per heavy atom. The van der Waals surface area contributed by atoms with E-state index in [-0.39, 0.29) is 24.4 Å². The van der Waals surface area contributed by atoms with Crippen LogP contribution in [0.5, 0.6) is 0 Å². The highest BCUT2D eigenvalue weighted by atomic mass is 16.6. The van der Waals surface area contributed by atoms with Gasteiger partial charge in [-0.2, -0.15) is 0 Å². The van der Waals surface area contributed by atoms with Gasteiger partial charge in [-0.05, 0) is 30.8 Å². The molecule has 0 saturated heterocycles. The summed E-state index contributed by atoms with van der Waals surface area (Å²) in [4.78, 5) is 34.7. The number of hydrogen-bond acceptors (Lipinski definition) is 7. The number of rotatable bonds is 4. The molecule has 3 rings (SSSR count). The maximum absolute atomic E-state index is 11.9. The summed E-state index contributed by atoms with van der Waals surface area (Å²) in [5.41, 5.74) is -1.90. The Hall–Kier alpha value is -1.89. The Morgan fingerprint density at radius 3 is 2.21 bits per heavy atom. The monoisotopic (exact) mass is 394 g/mol. The summed E-state index contributed by atoms with van der Waals surface area (Å²) in [6.07, 6.45) is 0.630. The van der Waals surface area contributed by atoms with Crippen LogP contribution in [0.4, 0.5) is 0 Å². The van der Waals surface area contributed by atoms with Crippen LogP contribution in [0.15, 0.2) is 12.2 Å². The lowest BCUT2D eigenvalue weighted by Crippen LogP contribution is -2.49. The van der Waals surface area contributed by atoms with Crippen LogP contribution in [-0.4, -0.2) is 47.4 Å². The lowest BCUT2D eigenvalue weighted by Gasteiger charge is -2.43. The molecule has 0 aliphatic heterocycles. The first kappa shape index (κ1) is 20.8. The molecule has 156 valence electrons. The minimum atomic E-state index is -1.28. The van der Waals surface area contributed by atoms with E-state index in [2.05, 4.69) is 6.58 Å². The molecule has 0 bridgehead atoms. The zero-order chi connectivity index (χ0) is 21.1. The van der Waals surface area contributed by atoms with Crippen LogP contribution < -0.4 is 0 Å². The molecule has 3 saturated carbocycles. The summed E-state index contributed by atoms with van der Waals surface area (Å²) < 4.78 is 16.4. The van der Waals surface area contributed by atoms with Gasteiger partial charge >= 0.3 is 17.9 Å². The molecule has 0 spiro atoms. The summed E-state index contributed by atoms with van der Waals surface area (Å²) in [6.45, 7) is 12.2. The molecule has 3 aliphatic rings. The van der Waals surface area contributed by atoms with Crippen molar-refractivity contribution in [3.8, 4) is 0 Å². The molecular weight excluding hydrogens is 364 g/mol. The number of fused-ring (bicyclic) bond motifs is 3. The van der Waals surface area contributed by atoms with Gasteiger partial charge in [-0.3, -0.25) is 14.4 Å². The average Bonchev–Trinajstić information content (AvgIpc) is 3.00. The van der Waals surface area contributed by atoms with Crippen molar-refractivity contribution in [1.29, 1.82) is 0 Å². The van der Waals surface area contributed by atoms with Gasteiger partial charge in [-0.15, -0.1) is 0 Å². The molecule has 0 aromatic heterocycles. The molecule has 7 heteroatoms. The van der Waals surface area contributed by atoms with E-state index in [9.17, 15) is 19.5 Å². The summed E-state index contributed by atoms with van der Waals surface area (Å²) in [5.74, 6) is -1.71. The first-order valence-corrected chi connectivity index (χ1v) is 9.74. The molecule has 0 aromatic rings. The predicted octanol–water partition coefficient (Wildman–Crippen LogP) is 2.16. The molecular formula is C21H30O7. The zero-order valence-electron chi connectivity index (χ0n) is 17.2. The van der Waals surface area contributed by atoms with Crippen LogP contribution in [0.3, 0.4) is 0 Å². The fourth-order valence-electron chi connectivity index (χ4n) is 6.44. The highest BCUT2D eigenvalue weighted by Gasteiger charge is 2.75. The van der Waals surface area contributed by atoms with Gasteiger partial charge in [0.05, 0.1) is 12.2 Å². The quantitative estimate of drug-likeness (QED) is 0.443. The van der Waals surface area contributed by atoms with Crippen molar-refractivity contribution in [2.24, 2.45) is 22.7 Å². The van der Waals surface area contributed by atoms with Gasteiger partial charge < -0.3 is 19.3 Å². The molecule has 7 nitrogen and oxygen atoms in total. The highest BCUT2D eigenvalue weighted by molar-refractivity contribution is 5.67. The number of ether oxygens (including phenoxy) is 3. The van der Waals surface area contributed by atoms with Gasteiger partial charge in [0, 0.05) is 37.5 Å². The zero-order valence-corrected chi connectivity index (χ0v) is 17.2. The van der Waals surface area contributed by atoms with E-state index in [1.807, 2.05) is 13.8 Å². The minimum Gasteiger partial charge on any atom is -0.465 e. The summed E-state index contributed by atoms with van der Waals surface area (Å²) in [5, 5.41) is 11.9. The smallest absolute Gasteiger partial charge is 0.303 e. The second-order valence-electron chi connectivity index (χ2n) is 9.26. The first-order chi connectivity index (χ1) is 12.8. The molecule has 0 radical (unpaired) electrons. The second kappa shape index (κ2) is 6.58. The van der Waals surface area contributed by atoms with Crippen molar-refractivity contribution < 1.29 is 33.7 Å².